The summed E-state index contributed by atoms with van der Waals surface area (Å²) in [5.41, 5.74) is 4.35. The Hall–Kier alpha value is -4.03. The minimum atomic E-state index is -0.900. The second-order valence-electron chi connectivity index (χ2n) is 8.82. The zero-order chi connectivity index (χ0) is 26.4. The van der Waals surface area contributed by atoms with Gasteiger partial charge >= 0.3 is 0 Å². The molecule has 2 aliphatic heterocycles. The van der Waals surface area contributed by atoms with Crippen LogP contribution in [0.15, 0.2) is 59.3 Å². The Labute approximate surface area is 216 Å². The van der Waals surface area contributed by atoms with E-state index in [1.54, 1.807) is 24.5 Å². The molecule has 0 radical (unpaired) electrons. The minimum absolute atomic E-state index is 0.133. The highest BCUT2D eigenvalue weighted by molar-refractivity contribution is 6.45. The fourth-order valence-corrected chi connectivity index (χ4v) is 4.51. The van der Waals surface area contributed by atoms with Gasteiger partial charge in [0.15, 0.2) is 23.3 Å². The number of fused-ring (bicyclic) bond motifs is 1. The Morgan fingerprint density at radius 3 is 2.78 bits per heavy atom. The third-order valence-corrected chi connectivity index (χ3v) is 6.48. The molecule has 2 aliphatic rings. The van der Waals surface area contributed by atoms with Gasteiger partial charge in [0.25, 0.3) is 0 Å². The number of nitrogens with one attached hydrogen (secondary N) is 3. The molecule has 4 rings (SSSR count). The second-order valence-corrected chi connectivity index (χ2v) is 8.82. The molecule has 2 aromatic carbocycles. The molecule has 0 aromatic heterocycles. The van der Waals surface area contributed by atoms with Crippen LogP contribution in [0.2, 0.25) is 0 Å². The van der Waals surface area contributed by atoms with E-state index in [1.807, 2.05) is 30.1 Å². The maximum Gasteiger partial charge on any atom is 0.173 e. The molecular weight excluding hydrogens is 472 g/mol. The molecule has 0 amide bonds. The number of anilines is 1. The number of nitrogens with zero attached hydrogens (tertiary/aromatic N) is 4. The summed E-state index contributed by atoms with van der Waals surface area (Å²) in [7, 11) is 1.91. The summed E-state index contributed by atoms with van der Waals surface area (Å²) in [6.07, 6.45) is 4.48. The number of nitriles is 1. The van der Waals surface area contributed by atoms with E-state index < -0.39 is 17.7 Å². The first kappa shape index (κ1) is 26.0. The first-order valence-electron chi connectivity index (χ1n) is 12.4. The van der Waals surface area contributed by atoms with Gasteiger partial charge in [0.2, 0.25) is 0 Å². The Kier molecular flexibility index (Phi) is 8.31. The van der Waals surface area contributed by atoms with E-state index in [2.05, 4.69) is 45.5 Å². The van der Waals surface area contributed by atoms with Crippen LogP contribution in [-0.2, 0) is 12.8 Å². The van der Waals surface area contributed by atoms with Crippen LogP contribution < -0.4 is 16.0 Å². The fraction of sp³-hybridized carbons (Fsp3) is 0.321. The van der Waals surface area contributed by atoms with Crippen molar-refractivity contribution in [2.45, 2.75) is 32.2 Å². The molecule has 0 aliphatic carbocycles. The quantitative estimate of drug-likeness (QED) is 0.415. The summed E-state index contributed by atoms with van der Waals surface area (Å²) in [5, 5.41) is 18.6. The molecule has 0 bridgehead atoms. The largest absolute Gasteiger partial charge is 0.384 e. The highest BCUT2D eigenvalue weighted by Crippen LogP contribution is 2.33. The van der Waals surface area contributed by atoms with Crippen LogP contribution in [0.3, 0.4) is 0 Å². The molecule has 7 nitrogen and oxygen atoms in total. The lowest BCUT2D eigenvalue weighted by atomic mass is 10.0. The molecule has 192 valence electrons. The van der Waals surface area contributed by atoms with Crippen molar-refractivity contribution in [2.75, 3.05) is 32.0 Å². The van der Waals surface area contributed by atoms with Crippen LogP contribution in [-0.4, -0.2) is 43.3 Å². The van der Waals surface area contributed by atoms with Crippen LogP contribution in [0.1, 0.15) is 41.6 Å². The van der Waals surface area contributed by atoms with Crippen LogP contribution in [0.4, 0.5) is 14.5 Å². The lowest BCUT2D eigenvalue weighted by molar-refractivity contribution is 0.418. The topological polar surface area (TPSA) is 87.8 Å². The van der Waals surface area contributed by atoms with Crippen LogP contribution in [0.25, 0.3) is 5.70 Å². The fourth-order valence-electron chi connectivity index (χ4n) is 4.51. The van der Waals surface area contributed by atoms with Crippen molar-refractivity contribution in [1.82, 2.24) is 15.5 Å². The zero-order valence-electron chi connectivity index (χ0n) is 21.1. The Balaban J connectivity index is 1.50. The molecule has 0 saturated heterocycles. The lowest BCUT2D eigenvalue weighted by Gasteiger charge is -2.28. The predicted octanol–water partition coefficient (Wildman–Crippen LogP) is 4.51. The van der Waals surface area contributed by atoms with Crippen LogP contribution in [0.5, 0.6) is 0 Å². The minimum Gasteiger partial charge on any atom is -0.384 e. The predicted molar refractivity (Wildman–Crippen MR) is 144 cm³/mol. The second kappa shape index (κ2) is 11.8. The molecule has 0 fully saturated rings. The normalized spacial score (nSPS) is 16.1. The standard InChI is InChI=1S/C28H31F2N7/c1-4-19-16-21(8-10-22(19)18(2)33-13-12-32-3)36-27-28-35-17-24(37(28)15-14-34-27)23-9-7-20(6-5-11-31)25(29)26(23)30/h7-10,14-16,24,32-33H,2,4-6,12-13,17H2,1,3H3,(H,34,36). The van der Waals surface area contributed by atoms with Crippen molar-refractivity contribution in [3.8, 4) is 6.07 Å². The van der Waals surface area contributed by atoms with Gasteiger partial charge in [-0.05, 0) is 43.1 Å². The van der Waals surface area contributed by atoms with Crippen molar-refractivity contribution in [1.29, 1.82) is 5.26 Å². The summed E-state index contributed by atoms with van der Waals surface area (Å²) in [5.74, 6) is -0.684. The van der Waals surface area contributed by atoms with Gasteiger partial charge in [-0.15, -0.1) is 0 Å². The molecule has 1 unspecified atom stereocenters. The van der Waals surface area contributed by atoms with Crippen molar-refractivity contribution in [2.24, 2.45) is 9.98 Å². The van der Waals surface area contributed by atoms with E-state index in [4.69, 9.17) is 5.26 Å². The Morgan fingerprint density at radius 2 is 2.03 bits per heavy atom. The average molecular weight is 504 g/mol. The van der Waals surface area contributed by atoms with Gasteiger partial charge in [-0.1, -0.05) is 31.7 Å². The number of likely N-dealkylation sites (N-methyl/N-ethyl adjacent to an activating group) is 1. The van der Waals surface area contributed by atoms with Crippen molar-refractivity contribution >= 4 is 23.1 Å². The summed E-state index contributed by atoms with van der Waals surface area (Å²) in [6.45, 7) is 8.16. The van der Waals surface area contributed by atoms with Crippen molar-refractivity contribution in [3.05, 3.63) is 83.2 Å². The van der Waals surface area contributed by atoms with Gasteiger partial charge in [0.1, 0.15) is 0 Å². The SMILES string of the molecule is C=C(NCCNC)c1ccc(NC2=NC=CN3C2=NCC3c2ccc(CCC#N)c(F)c2F)cc1CC. The molecule has 9 heteroatoms. The lowest BCUT2D eigenvalue weighted by Crippen LogP contribution is -2.37. The third-order valence-electron chi connectivity index (χ3n) is 6.48. The van der Waals surface area contributed by atoms with E-state index >= 15 is 4.39 Å². The van der Waals surface area contributed by atoms with Gasteiger partial charge in [-0.2, -0.15) is 5.26 Å². The highest BCUT2D eigenvalue weighted by Gasteiger charge is 2.34. The smallest absolute Gasteiger partial charge is 0.173 e. The number of amidine groups is 2. The molecule has 37 heavy (non-hydrogen) atoms. The summed E-state index contributed by atoms with van der Waals surface area (Å²) in [4.78, 5) is 10.9. The van der Waals surface area contributed by atoms with E-state index in [9.17, 15) is 4.39 Å². The third kappa shape index (κ3) is 5.54. The van der Waals surface area contributed by atoms with E-state index in [-0.39, 0.29) is 30.5 Å². The summed E-state index contributed by atoms with van der Waals surface area (Å²) < 4.78 is 29.7. The summed E-state index contributed by atoms with van der Waals surface area (Å²) in [6, 6.07) is 10.7. The van der Waals surface area contributed by atoms with Gasteiger partial charge in [0.05, 0.1) is 18.7 Å². The number of halogens is 2. The van der Waals surface area contributed by atoms with Crippen molar-refractivity contribution in [3.63, 3.8) is 0 Å². The molecule has 2 aromatic rings. The zero-order valence-corrected chi connectivity index (χ0v) is 21.1. The van der Waals surface area contributed by atoms with Crippen LogP contribution in [0, 0.1) is 23.0 Å². The molecular formula is C28H31F2N7. The molecule has 3 N–H and O–H groups in total. The maximum absolute atomic E-state index is 15.0. The Bertz CT molecular complexity index is 1310. The molecule has 2 heterocycles. The van der Waals surface area contributed by atoms with E-state index in [0.29, 0.717) is 11.7 Å². The highest BCUT2D eigenvalue weighted by atomic mass is 19.2. The molecule has 0 spiro atoms. The van der Waals surface area contributed by atoms with Gasteiger partial charge in [0, 0.05) is 54.4 Å². The van der Waals surface area contributed by atoms with Crippen molar-refractivity contribution < 1.29 is 8.78 Å². The Morgan fingerprint density at radius 1 is 1.19 bits per heavy atom. The number of benzene rings is 2. The van der Waals surface area contributed by atoms with Gasteiger partial charge in [-0.3, -0.25) is 4.99 Å². The maximum atomic E-state index is 15.0. The van der Waals surface area contributed by atoms with E-state index in [1.165, 1.54) is 0 Å². The van der Waals surface area contributed by atoms with Gasteiger partial charge in [-0.25, -0.2) is 13.8 Å². The first-order chi connectivity index (χ1) is 18.0. The van der Waals surface area contributed by atoms with E-state index in [0.717, 1.165) is 42.0 Å². The molecule has 0 saturated carbocycles. The first-order valence-corrected chi connectivity index (χ1v) is 12.4. The monoisotopic (exact) mass is 503 g/mol. The average Bonchev–Trinajstić information content (AvgIpc) is 3.34. The number of hydrogen-bond acceptors (Lipinski definition) is 7. The van der Waals surface area contributed by atoms with Crippen LogP contribution >= 0.6 is 0 Å². The molecule has 1 atom stereocenters. The summed E-state index contributed by atoms with van der Waals surface area (Å²) >= 11 is 0. The number of hydrogen-bond donors (Lipinski definition) is 3. The van der Waals surface area contributed by atoms with Gasteiger partial charge < -0.3 is 20.9 Å². The number of aliphatic imine (C=N–C) groups is 2. The number of aryl methyl sites for hydroxylation is 2. The number of rotatable bonds is 10.